The summed E-state index contributed by atoms with van der Waals surface area (Å²) in [5.41, 5.74) is 0. The fourth-order valence-corrected chi connectivity index (χ4v) is 3.49. The van der Waals surface area contributed by atoms with Crippen molar-refractivity contribution in [3.05, 3.63) is 0 Å². The van der Waals surface area contributed by atoms with Gasteiger partial charge in [-0.3, -0.25) is 14.4 Å². The normalized spacial score (nSPS) is 28.7. The van der Waals surface area contributed by atoms with Crippen LogP contribution in [-0.2, 0) is 14.4 Å². The lowest BCUT2D eigenvalue weighted by atomic mass is 9.86. The number of carbonyl (C=O) groups excluding carboxylic acids is 2. The number of aliphatic carboxylic acids is 1. The van der Waals surface area contributed by atoms with Crippen LogP contribution >= 0.6 is 0 Å². The third kappa shape index (κ3) is 3.99. The van der Waals surface area contributed by atoms with Gasteiger partial charge in [-0.1, -0.05) is 6.92 Å². The minimum Gasteiger partial charge on any atom is -0.481 e. The van der Waals surface area contributed by atoms with E-state index in [1.165, 1.54) is 4.90 Å². The Bertz CT molecular complexity index is 443. The van der Waals surface area contributed by atoms with Crippen LogP contribution in [0, 0.1) is 11.8 Å². The van der Waals surface area contributed by atoms with Gasteiger partial charge in [0.1, 0.15) is 0 Å². The maximum absolute atomic E-state index is 12.3. The first-order chi connectivity index (χ1) is 10.4. The number of hydrogen-bond acceptors (Lipinski definition) is 3. The number of rotatable bonds is 5. The summed E-state index contributed by atoms with van der Waals surface area (Å²) in [6.07, 6.45) is 4.55. The van der Waals surface area contributed by atoms with Gasteiger partial charge in [0.05, 0.1) is 12.3 Å². The smallest absolute Gasteiger partial charge is 0.305 e. The Morgan fingerprint density at radius 2 is 1.91 bits per heavy atom. The second kappa shape index (κ2) is 7.11. The van der Waals surface area contributed by atoms with Crippen molar-refractivity contribution in [3.8, 4) is 0 Å². The van der Waals surface area contributed by atoms with Crippen LogP contribution in [0.15, 0.2) is 0 Å². The fraction of sp³-hybridized carbons (Fsp3) is 0.812. The van der Waals surface area contributed by atoms with Gasteiger partial charge in [-0.15, -0.1) is 0 Å². The molecule has 2 fully saturated rings. The summed E-state index contributed by atoms with van der Waals surface area (Å²) in [4.78, 5) is 38.5. The zero-order valence-electron chi connectivity index (χ0n) is 13.5. The molecule has 0 aromatic carbocycles. The van der Waals surface area contributed by atoms with Crippen molar-refractivity contribution < 1.29 is 19.5 Å². The molecule has 2 amide bonds. The number of likely N-dealkylation sites (tertiary alicyclic amines) is 1. The molecule has 1 heterocycles. The third-order valence-corrected chi connectivity index (χ3v) is 4.97. The number of carboxylic acids is 1. The molecule has 1 aliphatic carbocycles. The van der Waals surface area contributed by atoms with Crippen molar-refractivity contribution in [2.75, 3.05) is 20.1 Å². The number of carbonyl (C=O) groups is 3. The highest BCUT2D eigenvalue weighted by molar-refractivity contribution is 5.89. The molecule has 1 aliphatic heterocycles. The van der Waals surface area contributed by atoms with Crippen molar-refractivity contribution >= 4 is 17.8 Å². The van der Waals surface area contributed by atoms with Crippen LogP contribution in [0.2, 0.25) is 0 Å². The van der Waals surface area contributed by atoms with Crippen molar-refractivity contribution in [3.63, 3.8) is 0 Å². The van der Waals surface area contributed by atoms with E-state index in [-0.39, 0.29) is 43.2 Å². The third-order valence-electron chi connectivity index (χ3n) is 4.97. The summed E-state index contributed by atoms with van der Waals surface area (Å²) in [6.45, 7) is 2.93. The van der Waals surface area contributed by atoms with E-state index in [2.05, 4.69) is 6.92 Å². The van der Waals surface area contributed by atoms with Gasteiger partial charge in [-0.05, 0) is 31.6 Å². The standard InChI is InChI=1S/C16H26N2O4/c1-11-3-5-13(6-4-11)18-10-12(9-14(18)19)16(22)17(2)8-7-15(20)21/h11-13H,3-10H2,1-2H3,(H,20,21). The van der Waals surface area contributed by atoms with E-state index < -0.39 is 5.97 Å². The van der Waals surface area contributed by atoms with E-state index in [4.69, 9.17) is 5.11 Å². The van der Waals surface area contributed by atoms with E-state index >= 15 is 0 Å². The molecule has 1 saturated heterocycles. The molecule has 2 rings (SSSR count). The van der Waals surface area contributed by atoms with E-state index in [0.29, 0.717) is 6.54 Å². The van der Waals surface area contributed by atoms with E-state index in [1.807, 2.05) is 4.90 Å². The Hall–Kier alpha value is -1.59. The van der Waals surface area contributed by atoms with Gasteiger partial charge in [0.15, 0.2) is 0 Å². The summed E-state index contributed by atoms with van der Waals surface area (Å²) < 4.78 is 0. The van der Waals surface area contributed by atoms with Crippen molar-refractivity contribution in [2.45, 2.75) is 51.5 Å². The van der Waals surface area contributed by atoms with Gasteiger partial charge >= 0.3 is 5.97 Å². The fourth-order valence-electron chi connectivity index (χ4n) is 3.49. The van der Waals surface area contributed by atoms with Gasteiger partial charge in [0.2, 0.25) is 11.8 Å². The highest BCUT2D eigenvalue weighted by atomic mass is 16.4. The van der Waals surface area contributed by atoms with Crippen LogP contribution in [0.1, 0.15) is 45.4 Å². The number of hydrogen-bond donors (Lipinski definition) is 1. The molecule has 2 aliphatic rings. The zero-order valence-corrected chi connectivity index (χ0v) is 13.5. The first kappa shape index (κ1) is 16.8. The molecule has 1 N–H and O–H groups in total. The Kier molecular flexibility index (Phi) is 5.42. The van der Waals surface area contributed by atoms with Gasteiger partial charge in [0, 0.05) is 32.6 Å². The summed E-state index contributed by atoms with van der Waals surface area (Å²) in [5, 5.41) is 8.68. The molecule has 0 aromatic heterocycles. The topological polar surface area (TPSA) is 77.9 Å². The highest BCUT2D eigenvalue weighted by Gasteiger charge is 2.39. The molecule has 124 valence electrons. The second-order valence-corrected chi connectivity index (χ2v) is 6.76. The van der Waals surface area contributed by atoms with Crippen LogP contribution in [0.4, 0.5) is 0 Å². The van der Waals surface area contributed by atoms with E-state index in [9.17, 15) is 14.4 Å². The van der Waals surface area contributed by atoms with E-state index in [1.54, 1.807) is 7.05 Å². The molecule has 0 radical (unpaired) electrons. The van der Waals surface area contributed by atoms with Gasteiger partial charge in [-0.2, -0.15) is 0 Å². The van der Waals surface area contributed by atoms with Crippen LogP contribution in [-0.4, -0.2) is 58.9 Å². The van der Waals surface area contributed by atoms with Gasteiger partial charge < -0.3 is 14.9 Å². The lowest BCUT2D eigenvalue weighted by Crippen LogP contribution is -2.40. The molecule has 0 aromatic rings. The molecule has 1 atom stereocenters. The maximum atomic E-state index is 12.3. The average molecular weight is 310 g/mol. The summed E-state index contributed by atoms with van der Waals surface area (Å²) in [6, 6.07) is 0.283. The molecule has 0 bridgehead atoms. The summed E-state index contributed by atoms with van der Waals surface area (Å²) in [7, 11) is 1.61. The number of amides is 2. The Morgan fingerprint density at radius 1 is 1.27 bits per heavy atom. The summed E-state index contributed by atoms with van der Waals surface area (Å²) in [5.74, 6) is -0.537. The molecular weight excluding hydrogens is 284 g/mol. The monoisotopic (exact) mass is 310 g/mol. The zero-order chi connectivity index (χ0) is 16.3. The predicted molar refractivity (Wildman–Crippen MR) is 81.1 cm³/mol. The molecule has 22 heavy (non-hydrogen) atoms. The van der Waals surface area contributed by atoms with Crippen LogP contribution in [0.25, 0.3) is 0 Å². The Balaban J connectivity index is 1.88. The van der Waals surface area contributed by atoms with Crippen molar-refractivity contribution in [2.24, 2.45) is 11.8 Å². The Morgan fingerprint density at radius 3 is 2.50 bits per heavy atom. The molecule has 6 nitrogen and oxygen atoms in total. The molecular formula is C16H26N2O4. The lowest BCUT2D eigenvalue weighted by molar-refractivity contribution is -0.139. The van der Waals surface area contributed by atoms with Crippen molar-refractivity contribution in [1.29, 1.82) is 0 Å². The molecule has 1 unspecified atom stereocenters. The van der Waals surface area contributed by atoms with Crippen LogP contribution in [0.5, 0.6) is 0 Å². The van der Waals surface area contributed by atoms with Crippen molar-refractivity contribution in [1.82, 2.24) is 9.80 Å². The molecule has 0 spiro atoms. The lowest BCUT2D eigenvalue weighted by Gasteiger charge is -2.33. The van der Waals surface area contributed by atoms with Crippen LogP contribution in [0.3, 0.4) is 0 Å². The minimum absolute atomic E-state index is 0.0624. The predicted octanol–water partition coefficient (Wildman–Crippen LogP) is 1.35. The maximum Gasteiger partial charge on any atom is 0.305 e. The van der Waals surface area contributed by atoms with Gasteiger partial charge in [0.25, 0.3) is 0 Å². The van der Waals surface area contributed by atoms with Crippen LogP contribution < -0.4 is 0 Å². The van der Waals surface area contributed by atoms with E-state index in [0.717, 1.165) is 31.6 Å². The molecule has 1 saturated carbocycles. The number of nitrogens with zero attached hydrogens (tertiary/aromatic N) is 2. The average Bonchev–Trinajstić information content (AvgIpc) is 2.86. The van der Waals surface area contributed by atoms with Gasteiger partial charge in [-0.25, -0.2) is 0 Å². The SMILES string of the molecule is CC1CCC(N2CC(C(=O)N(C)CCC(=O)O)CC2=O)CC1. The first-order valence-electron chi connectivity index (χ1n) is 8.14. The second-order valence-electron chi connectivity index (χ2n) is 6.76. The summed E-state index contributed by atoms with van der Waals surface area (Å²) >= 11 is 0. The minimum atomic E-state index is -0.917. The Labute approximate surface area is 131 Å². The first-order valence-corrected chi connectivity index (χ1v) is 8.14. The largest absolute Gasteiger partial charge is 0.481 e. The number of carboxylic acid groups (broad SMARTS) is 1. The highest BCUT2D eigenvalue weighted by Crippen LogP contribution is 2.31. The quantitative estimate of drug-likeness (QED) is 0.831. The molecule has 6 heteroatoms.